The molecule has 0 aromatic carbocycles. The molecule has 0 radical (unpaired) electrons. The van der Waals surface area contributed by atoms with Gasteiger partial charge in [-0.1, -0.05) is 20.8 Å². The van der Waals surface area contributed by atoms with Crippen molar-refractivity contribution >= 4 is 11.6 Å². The average molecular weight is 274 g/mol. The highest BCUT2D eigenvalue weighted by Gasteiger charge is 2.33. The number of Topliss-reactive ketones (excluding diaryl/α,β-unsaturated/α-hetero) is 1. The number of pyridine rings is 1. The Morgan fingerprint density at radius 1 is 1.25 bits per heavy atom. The zero-order valence-corrected chi connectivity index (χ0v) is 13.1. The third-order valence-corrected chi connectivity index (χ3v) is 4.64. The van der Waals surface area contributed by atoms with E-state index in [9.17, 15) is 4.79 Å². The molecule has 3 heteroatoms. The number of nitrogen functional groups attached to an aromatic ring is 1. The number of ketones is 1. The highest BCUT2D eigenvalue weighted by molar-refractivity contribution is 6.01. The third kappa shape index (κ3) is 3.20. The number of hydrogen-bond donors (Lipinski definition) is 1. The number of aromatic nitrogens is 1. The third-order valence-electron chi connectivity index (χ3n) is 4.64. The summed E-state index contributed by atoms with van der Waals surface area (Å²) in [6.07, 6.45) is 5.95. The topological polar surface area (TPSA) is 56.0 Å². The molecule has 1 aliphatic rings. The molecule has 0 spiro atoms. The van der Waals surface area contributed by atoms with Crippen LogP contribution in [0.3, 0.4) is 0 Å². The molecular weight excluding hydrogens is 248 g/mol. The van der Waals surface area contributed by atoms with E-state index >= 15 is 0 Å². The highest BCUT2D eigenvalue weighted by Crippen LogP contribution is 2.40. The molecule has 0 bridgehead atoms. The zero-order chi connectivity index (χ0) is 14.9. The van der Waals surface area contributed by atoms with Gasteiger partial charge in [0.1, 0.15) is 5.82 Å². The van der Waals surface area contributed by atoms with E-state index in [0.717, 1.165) is 37.2 Å². The van der Waals surface area contributed by atoms with E-state index in [2.05, 4.69) is 25.8 Å². The van der Waals surface area contributed by atoms with Crippen molar-refractivity contribution in [3.05, 3.63) is 23.4 Å². The monoisotopic (exact) mass is 274 g/mol. The summed E-state index contributed by atoms with van der Waals surface area (Å²) in [6.45, 7) is 8.83. The van der Waals surface area contributed by atoms with E-state index in [-0.39, 0.29) is 11.7 Å². The predicted molar refractivity (Wildman–Crippen MR) is 82.6 cm³/mol. The molecule has 1 saturated carbocycles. The fourth-order valence-corrected chi connectivity index (χ4v) is 3.22. The van der Waals surface area contributed by atoms with Crippen LogP contribution in [0.2, 0.25) is 0 Å². The lowest BCUT2D eigenvalue weighted by Gasteiger charge is -2.36. The molecule has 1 aromatic heterocycles. The van der Waals surface area contributed by atoms with Crippen LogP contribution >= 0.6 is 0 Å². The molecular formula is C17H26N2O. The molecule has 110 valence electrons. The van der Waals surface area contributed by atoms with Crippen LogP contribution < -0.4 is 5.73 Å². The van der Waals surface area contributed by atoms with Gasteiger partial charge in [0, 0.05) is 12.1 Å². The Balaban J connectivity index is 2.07. The summed E-state index contributed by atoms with van der Waals surface area (Å²) in [6, 6.07) is 1.88. The minimum Gasteiger partial charge on any atom is -0.383 e. The summed E-state index contributed by atoms with van der Waals surface area (Å²) in [7, 11) is 0. The van der Waals surface area contributed by atoms with Crippen LogP contribution in [0, 0.1) is 24.2 Å². The van der Waals surface area contributed by atoms with Crippen molar-refractivity contribution in [3.63, 3.8) is 0 Å². The van der Waals surface area contributed by atoms with Gasteiger partial charge in [-0.05, 0) is 55.6 Å². The molecule has 1 heterocycles. The molecule has 0 atom stereocenters. The van der Waals surface area contributed by atoms with Crippen molar-refractivity contribution < 1.29 is 4.79 Å². The number of rotatable bonds is 2. The van der Waals surface area contributed by atoms with Crippen LogP contribution in [0.15, 0.2) is 12.3 Å². The molecule has 2 rings (SSSR count). The van der Waals surface area contributed by atoms with Crippen LogP contribution in [0.1, 0.15) is 62.4 Å². The SMILES string of the molecule is Cc1cnc(N)c(C(=O)C2CCC(C(C)(C)C)CC2)c1. The van der Waals surface area contributed by atoms with Crippen molar-refractivity contribution in [2.75, 3.05) is 5.73 Å². The van der Waals surface area contributed by atoms with Gasteiger partial charge in [-0.15, -0.1) is 0 Å². The zero-order valence-electron chi connectivity index (χ0n) is 13.1. The Labute approximate surface area is 122 Å². The van der Waals surface area contributed by atoms with E-state index in [1.165, 1.54) is 0 Å². The van der Waals surface area contributed by atoms with Crippen molar-refractivity contribution in [3.8, 4) is 0 Å². The standard InChI is InChI=1S/C17H26N2O/c1-11-9-14(16(18)19-10-11)15(20)12-5-7-13(8-6-12)17(2,3)4/h9-10,12-13H,5-8H2,1-4H3,(H2,18,19). The molecule has 2 N–H and O–H groups in total. The summed E-state index contributed by atoms with van der Waals surface area (Å²) in [4.78, 5) is 16.7. The molecule has 1 fully saturated rings. The number of nitrogens with two attached hydrogens (primary N) is 1. The Bertz CT molecular complexity index is 494. The summed E-state index contributed by atoms with van der Waals surface area (Å²) < 4.78 is 0. The normalized spacial score (nSPS) is 23.6. The molecule has 20 heavy (non-hydrogen) atoms. The summed E-state index contributed by atoms with van der Waals surface area (Å²) in [5.41, 5.74) is 7.81. The molecule has 0 amide bonds. The maximum absolute atomic E-state index is 12.6. The Kier molecular flexibility index (Phi) is 4.17. The lowest BCUT2D eigenvalue weighted by atomic mass is 9.69. The van der Waals surface area contributed by atoms with Crippen LogP contribution in [-0.2, 0) is 0 Å². The molecule has 1 aliphatic carbocycles. The predicted octanol–water partition coefficient (Wildman–Crippen LogP) is 4.01. The number of carbonyl (C=O) groups is 1. The van der Waals surface area contributed by atoms with Gasteiger partial charge in [-0.25, -0.2) is 4.98 Å². The van der Waals surface area contributed by atoms with Gasteiger partial charge in [-0.3, -0.25) is 4.79 Å². The van der Waals surface area contributed by atoms with Gasteiger partial charge >= 0.3 is 0 Å². The minimum absolute atomic E-state index is 0.125. The van der Waals surface area contributed by atoms with Crippen molar-refractivity contribution in [1.29, 1.82) is 0 Å². The van der Waals surface area contributed by atoms with Gasteiger partial charge in [0.05, 0.1) is 5.56 Å². The van der Waals surface area contributed by atoms with Gasteiger partial charge < -0.3 is 5.73 Å². The van der Waals surface area contributed by atoms with Crippen LogP contribution in [0.4, 0.5) is 5.82 Å². The molecule has 1 aromatic rings. The second kappa shape index (κ2) is 5.55. The molecule has 3 nitrogen and oxygen atoms in total. The fourth-order valence-electron chi connectivity index (χ4n) is 3.22. The minimum atomic E-state index is 0.125. The quantitative estimate of drug-likeness (QED) is 0.829. The van der Waals surface area contributed by atoms with Gasteiger partial charge in [-0.2, -0.15) is 0 Å². The molecule has 0 saturated heterocycles. The first-order valence-electron chi connectivity index (χ1n) is 7.55. The smallest absolute Gasteiger partial charge is 0.169 e. The lowest BCUT2D eigenvalue weighted by Crippen LogP contribution is -2.29. The Morgan fingerprint density at radius 3 is 2.40 bits per heavy atom. The summed E-state index contributed by atoms with van der Waals surface area (Å²) in [5.74, 6) is 1.41. The summed E-state index contributed by atoms with van der Waals surface area (Å²) in [5, 5.41) is 0. The van der Waals surface area contributed by atoms with Crippen LogP contribution in [0.5, 0.6) is 0 Å². The van der Waals surface area contributed by atoms with E-state index in [0.29, 0.717) is 16.8 Å². The number of carbonyl (C=O) groups excluding carboxylic acids is 1. The Morgan fingerprint density at radius 2 is 1.85 bits per heavy atom. The number of nitrogens with zero attached hydrogens (tertiary/aromatic N) is 1. The van der Waals surface area contributed by atoms with Crippen molar-refractivity contribution in [2.24, 2.45) is 17.3 Å². The highest BCUT2D eigenvalue weighted by atomic mass is 16.1. The van der Waals surface area contributed by atoms with E-state index in [4.69, 9.17) is 5.73 Å². The fraction of sp³-hybridized carbons (Fsp3) is 0.647. The second-order valence-electron chi connectivity index (χ2n) is 7.22. The Hall–Kier alpha value is -1.38. The van der Waals surface area contributed by atoms with Crippen LogP contribution in [-0.4, -0.2) is 10.8 Å². The van der Waals surface area contributed by atoms with Crippen molar-refractivity contribution in [1.82, 2.24) is 4.98 Å². The van der Waals surface area contributed by atoms with E-state index < -0.39 is 0 Å². The van der Waals surface area contributed by atoms with Crippen molar-refractivity contribution in [2.45, 2.75) is 53.4 Å². The largest absolute Gasteiger partial charge is 0.383 e. The number of anilines is 1. The second-order valence-corrected chi connectivity index (χ2v) is 7.22. The maximum Gasteiger partial charge on any atom is 0.169 e. The van der Waals surface area contributed by atoms with Crippen LogP contribution in [0.25, 0.3) is 0 Å². The number of aryl methyl sites for hydroxylation is 1. The van der Waals surface area contributed by atoms with E-state index in [1.54, 1.807) is 6.20 Å². The number of hydrogen-bond acceptors (Lipinski definition) is 3. The van der Waals surface area contributed by atoms with Gasteiger partial charge in [0.2, 0.25) is 0 Å². The first-order valence-corrected chi connectivity index (χ1v) is 7.55. The first kappa shape index (κ1) is 15.0. The molecule has 0 aliphatic heterocycles. The summed E-state index contributed by atoms with van der Waals surface area (Å²) >= 11 is 0. The van der Waals surface area contributed by atoms with Gasteiger partial charge in [0.25, 0.3) is 0 Å². The van der Waals surface area contributed by atoms with E-state index in [1.807, 2.05) is 13.0 Å². The van der Waals surface area contributed by atoms with Gasteiger partial charge in [0.15, 0.2) is 5.78 Å². The first-order chi connectivity index (χ1) is 9.29. The molecule has 0 unspecified atom stereocenters. The average Bonchev–Trinajstić information content (AvgIpc) is 2.40. The maximum atomic E-state index is 12.6. The lowest BCUT2D eigenvalue weighted by molar-refractivity contribution is 0.0820.